The van der Waals surface area contributed by atoms with Crippen LogP contribution in [0.15, 0.2) is 23.1 Å². The van der Waals surface area contributed by atoms with Crippen molar-refractivity contribution in [1.29, 1.82) is 0 Å². The molecule has 1 aromatic carbocycles. The molecule has 1 rings (SSSR count). The summed E-state index contributed by atoms with van der Waals surface area (Å²) in [6.07, 6.45) is 0.900. The molecule has 0 aliphatic heterocycles. The maximum absolute atomic E-state index is 12.4. The van der Waals surface area contributed by atoms with Crippen molar-refractivity contribution in [2.45, 2.75) is 37.1 Å². The number of esters is 1. The van der Waals surface area contributed by atoms with E-state index < -0.39 is 21.5 Å². The van der Waals surface area contributed by atoms with E-state index in [1.807, 2.05) is 6.92 Å². The zero-order valence-electron chi connectivity index (χ0n) is 11.9. The molecule has 0 aliphatic rings. The van der Waals surface area contributed by atoms with Gasteiger partial charge in [-0.3, -0.25) is 4.79 Å². The van der Waals surface area contributed by atoms with Crippen LogP contribution in [0.25, 0.3) is 0 Å². The van der Waals surface area contributed by atoms with Crippen LogP contribution in [0, 0.1) is 0 Å². The maximum atomic E-state index is 12.4. The zero-order valence-corrected chi connectivity index (χ0v) is 14.3. The number of benzene rings is 1. The summed E-state index contributed by atoms with van der Waals surface area (Å²) >= 11 is 11.6. The van der Waals surface area contributed by atoms with Crippen molar-refractivity contribution < 1.29 is 17.9 Å². The van der Waals surface area contributed by atoms with Crippen molar-refractivity contribution in [2.75, 3.05) is 7.11 Å². The number of rotatable bonds is 6. The highest BCUT2D eigenvalue weighted by Crippen LogP contribution is 2.24. The van der Waals surface area contributed by atoms with Crippen molar-refractivity contribution in [2.24, 2.45) is 0 Å². The molecule has 8 heteroatoms. The van der Waals surface area contributed by atoms with Gasteiger partial charge in [-0.25, -0.2) is 8.42 Å². The normalized spacial score (nSPS) is 14.5. The third-order valence-corrected chi connectivity index (χ3v) is 4.90. The lowest BCUT2D eigenvalue weighted by Crippen LogP contribution is -2.52. The molecule has 118 valence electrons. The Labute approximate surface area is 134 Å². The largest absolute Gasteiger partial charge is 0.468 e. The third-order valence-electron chi connectivity index (χ3n) is 2.89. The minimum Gasteiger partial charge on any atom is -0.468 e. The van der Waals surface area contributed by atoms with Gasteiger partial charge >= 0.3 is 5.97 Å². The highest BCUT2D eigenvalue weighted by Gasteiger charge is 2.38. The summed E-state index contributed by atoms with van der Waals surface area (Å²) in [5, 5.41) is 0.385. The van der Waals surface area contributed by atoms with Gasteiger partial charge in [0.1, 0.15) is 5.54 Å². The highest BCUT2D eigenvalue weighted by molar-refractivity contribution is 7.89. The lowest BCUT2D eigenvalue weighted by atomic mass is 9.98. The van der Waals surface area contributed by atoms with Gasteiger partial charge < -0.3 is 4.74 Å². The number of ether oxygens (including phenoxy) is 1. The Morgan fingerprint density at radius 3 is 2.24 bits per heavy atom. The smallest absolute Gasteiger partial charge is 0.326 e. The Morgan fingerprint density at radius 2 is 1.81 bits per heavy atom. The lowest BCUT2D eigenvalue weighted by Gasteiger charge is -2.27. The topological polar surface area (TPSA) is 72.5 Å². The first kappa shape index (κ1) is 18.2. The molecule has 0 heterocycles. The highest BCUT2D eigenvalue weighted by atomic mass is 35.5. The van der Waals surface area contributed by atoms with E-state index in [0.717, 1.165) is 0 Å². The van der Waals surface area contributed by atoms with E-state index in [0.29, 0.717) is 12.8 Å². The standard InChI is InChI=1S/C13H17Cl2NO4S/c1-4-5-13(2,12(17)20-3)16-21(18,19)11-7-9(14)6-10(15)8-11/h6-8,16H,4-5H2,1-3H3. The first-order valence-electron chi connectivity index (χ1n) is 6.23. The maximum Gasteiger partial charge on any atom is 0.326 e. The second-order valence-corrected chi connectivity index (χ2v) is 7.34. The Hall–Kier alpha value is -0.820. The Kier molecular flexibility index (Phi) is 6.04. The van der Waals surface area contributed by atoms with Gasteiger partial charge in [0.05, 0.1) is 12.0 Å². The van der Waals surface area contributed by atoms with E-state index in [1.54, 1.807) is 0 Å². The van der Waals surface area contributed by atoms with Crippen LogP contribution in [0.4, 0.5) is 0 Å². The van der Waals surface area contributed by atoms with E-state index in [4.69, 9.17) is 23.2 Å². The summed E-state index contributed by atoms with van der Waals surface area (Å²) < 4.78 is 31.9. The second kappa shape index (κ2) is 6.96. The zero-order chi connectivity index (χ0) is 16.3. The summed E-state index contributed by atoms with van der Waals surface area (Å²) in [6.45, 7) is 3.32. The summed E-state index contributed by atoms with van der Waals surface area (Å²) in [7, 11) is -2.75. The molecule has 0 amide bonds. The third kappa shape index (κ3) is 4.57. The van der Waals surface area contributed by atoms with Crippen molar-refractivity contribution in [3.05, 3.63) is 28.2 Å². The predicted molar refractivity (Wildman–Crippen MR) is 82.1 cm³/mol. The molecule has 0 bridgehead atoms. The fraction of sp³-hybridized carbons (Fsp3) is 0.462. The fourth-order valence-electron chi connectivity index (χ4n) is 1.96. The van der Waals surface area contributed by atoms with Gasteiger partial charge in [-0.05, 0) is 31.5 Å². The molecule has 1 unspecified atom stereocenters. The van der Waals surface area contributed by atoms with Gasteiger partial charge in [-0.15, -0.1) is 0 Å². The van der Waals surface area contributed by atoms with Gasteiger partial charge in [0.25, 0.3) is 0 Å². The predicted octanol–water partition coefficient (Wildman–Crippen LogP) is 3.00. The molecular formula is C13H17Cl2NO4S. The molecule has 0 spiro atoms. The van der Waals surface area contributed by atoms with Crippen LogP contribution in [0.5, 0.6) is 0 Å². The Balaban J connectivity index is 3.20. The average Bonchev–Trinajstić information content (AvgIpc) is 2.36. The summed E-state index contributed by atoms with van der Waals surface area (Å²) in [5.41, 5.74) is -1.35. The summed E-state index contributed by atoms with van der Waals surface area (Å²) in [6, 6.07) is 3.95. The molecule has 0 saturated heterocycles. The van der Waals surface area contributed by atoms with E-state index in [2.05, 4.69) is 9.46 Å². The SMILES string of the molecule is CCCC(C)(NS(=O)(=O)c1cc(Cl)cc(Cl)c1)C(=O)OC. The van der Waals surface area contributed by atoms with Crippen molar-refractivity contribution in [3.8, 4) is 0 Å². The van der Waals surface area contributed by atoms with Crippen LogP contribution < -0.4 is 4.72 Å². The van der Waals surface area contributed by atoms with E-state index in [-0.39, 0.29) is 14.9 Å². The molecule has 0 aliphatic carbocycles. The Morgan fingerprint density at radius 1 is 1.29 bits per heavy atom. The number of hydrogen-bond acceptors (Lipinski definition) is 4. The monoisotopic (exact) mass is 353 g/mol. The van der Waals surface area contributed by atoms with E-state index >= 15 is 0 Å². The van der Waals surface area contributed by atoms with Crippen molar-refractivity contribution in [1.82, 2.24) is 4.72 Å². The van der Waals surface area contributed by atoms with Gasteiger partial charge in [0.2, 0.25) is 10.0 Å². The lowest BCUT2D eigenvalue weighted by molar-refractivity contribution is -0.147. The van der Waals surface area contributed by atoms with Crippen LogP contribution in [-0.2, 0) is 19.6 Å². The molecule has 1 atom stereocenters. The van der Waals surface area contributed by atoms with Crippen molar-refractivity contribution in [3.63, 3.8) is 0 Å². The van der Waals surface area contributed by atoms with Gasteiger partial charge in [0.15, 0.2) is 0 Å². The Bertz CT molecular complexity index is 613. The van der Waals surface area contributed by atoms with Gasteiger partial charge in [0, 0.05) is 10.0 Å². The minimum atomic E-state index is -3.96. The molecule has 0 fully saturated rings. The number of methoxy groups -OCH3 is 1. The summed E-state index contributed by atoms with van der Waals surface area (Å²) in [5.74, 6) is -0.652. The molecule has 0 aromatic heterocycles. The first-order chi connectivity index (χ1) is 9.64. The van der Waals surface area contributed by atoms with Gasteiger partial charge in [-0.1, -0.05) is 36.5 Å². The quantitative estimate of drug-likeness (QED) is 0.797. The van der Waals surface area contributed by atoms with Crippen LogP contribution in [0.2, 0.25) is 10.0 Å². The van der Waals surface area contributed by atoms with Crippen LogP contribution in [0.1, 0.15) is 26.7 Å². The molecule has 0 radical (unpaired) electrons. The van der Waals surface area contributed by atoms with E-state index in [9.17, 15) is 13.2 Å². The number of hydrogen-bond donors (Lipinski definition) is 1. The minimum absolute atomic E-state index is 0.105. The molecular weight excluding hydrogens is 337 g/mol. The number of sulfonamides is 1. The molecule has 1 N–H and O–H groups in total. The number of carbonyl (C=O) groups excluding carboxylic acids is 1. The molecule has 0 saturated carbocycles. The fourth-order valence-corrected chi connectivity index (χ4v) is 4.08. The van der Waals surface area contributed by atoms with E-state index in [1.165, 1.54) is 32.2 Å². The van der Waals surface area contributed by atoms with Crippen LogP contribution in [0.3, 0.4) is 0 Å². The molecule has 5 nitrogen and oxygen atoms in total. The molecule has 21 heavy (non-hydrogen) atoms. The first-order valence-corrected chi connectivity index (χ1v) is 8.47. The van der Waals surface area contributed by atoms with Gasteiger partial charge in [-0.2, -0.15) is 4.72 Å². The van der Waals surface area contributed by atoms with Crippen LogP contribution >= 0.6 is 23.2 Å². The number of halogens is 2. The molecule has 1 aromatic rings. The number of nitrogens with one attached hydrogen (secondary N) is 1. The second-order valence-electron chi connectivity index (χ2n) is 4.78. The van der Waals surface area contributed by atoms with Crippen LogP contribution in [-0.4, -0.2) is 27.0 Å². The summed E-state index contributed by atoms with van der Waals surface area (Å²) in [4.78, 5) is 11.8. The van der Waals surface area contributed by atoms with Crippen molar-refractivity contribution >= 4 is 39.2 Å². The average molecular weight is 354 g/mol. The number of carbonyl (C=O) groups is 1.